The van der Waals surface area contributed by atoms with Gasteiger partial charge in [-0.05, 0) is 36.0 Å². The van der Waals surface area contributed by atoms with Crippen molar-refractivity contribution in [3.8, 4) is 6.07 Å². The monoisotopic (exact) mass is 258 g/mol. The second-order valence-electron chi connectivity index (χ2n) is 5.36. The molecule has 4 nitrogen and oxygen atoms in total. The minimum Gasteiger partial charge on any atom is -0.465 e. The highest BCUT2D eigenvalue weighted by atomic mass is 16.4. The third-order valence-electron chi connectivity index (χ3n) is 3.61. The number of amides is 1. The Balaban J connectivity index is 2.47. The maximum absolute atomic E-state index is 11.4. The molecule has 0 saturated carbocycles. The quantitative estimate of drug-likeness (QED) is 0.886. The molecule has 1 atom stereocenters. The van der Waals surface area contributed by atoms with Crippen LogP contribution in [0.5, 0.6) is 0 Å². The van der Waals surface area contributed by atoms with Crippen LogP contribution in [0.1, 0.15) is 43.0 Å². The van der Waals surface area contributed by atoms with E-state index < -0.39 is 6.09 Å². The van der Waals surface area contributed by atoms with Gasteiger partial charge in [-0.3, -0.25) is 0 Å². The van der Waals surface area contributed by atoms with Gasteiger partial charge in [0, 0.05) is 6.54 Å². The average Bonchev–Trinajstić information content (AvgIpc) is 2.37. The Hall–Kier alpha value is -2.02. The molecule has 100 valence electrons. The SMILES string of the molecule is CC(C)CC1c2cccc(C#N)c2CCN1C(=O)O. The fourth-order valence-electron chi connectivity index (χ4n) is 2.79. The van der Waals surface area contributed by atoms with Crippen LogP contribution in [-0.2, 0) is 6.42 Å². The normalized spacial score (nSPS) is 18.0. The molecular weight excluding hydrogens is 240 g/mol. The van der Waals surface area contributed by atoms with Crippen LogP contribution in [-0.4, -0.2) is 22.6 Å². The number of hydrogen-bond acceptors (Lipinski definition) is 2. The minimum atomic E-state index is -0.876. The zero-order chi connectivity index (χ0) is 14.0. The number of nitrogens with zero attached hydrogens (tertiary/aromatic N) is 2. The van der Waals surface area contributed by atoms with Crippen LogP contribution in [0.25, 0.3) is 0 Å². The van der Waals surface area contributed by atoms with Crippen LogP contribution >= 0.6 is 0 Å². The summed E-state index contributed by atoms with van der Waals surface area (Å²) in [5.41, 5.74) is 2.70. The summed E-state index contributed by atoms with van der Waals surface area (Å²) in [6.07, 6.45) is 0.535. The van der Waals surface area contributed by atoms with Crippen molar-refractivity contribution in [3.05, 3.63) is 34.9 Å². The predicted molar refractivity (Wildman–Crippen MR) is 71.8 cm³/mol. The van der Waals surface area contributed by atoms with Gasteiger partial charge in [-0.2, -0.15) is 5.26 Å². The molecule has 4 heteroatoms. The third kappa shape index (κ3) is 2.55. The molecule has 0 spiro atoms. The third-order valence-corrected chi connectivity index (χ3v) is 3.61. The van der Waals surface area contributed by atoms with E-state index in [0.717, 1.165) is 17.5 Å². The molecule has 1 aliphatic rings. The molecule has 2 rings (SSSR count). The first-order valence-corrected chi connectivity index (χ1v) is 6.56. The predicted octanol–water partition coefficient (Wildman–Crippen LogP) is 3.18. The summed E-state index contributed by atoms with van der Waals surface area (Å²) in [5.74, 6) is 0.406. The Morgan fingerprint density at radius 3 is 2.89 bits per heavy atom. The molecule has 1 amide bonds. The highest BCUT2D eigenvalue weighted by Gasteiger charge is 2.32. The van der Waals surface area contributed by atoms with E-state index in [1.54, 1.807) is 0 Å². The van der Waals surface area contributed by atoms with Gasteiger partial charge in [0.25, 0.3) is 0 Å². The van der Waals surface area contributed by atoms with Crippen molar-refractivity contribution in [2.45, 2.75) is 32.7 Å². The first-order chi connectivity index (χ1) is 9.04. The summed E-state index contributed by atoms with van der Waals surface area (Å²) in [4.78, 5) is 12.9. The number of benzene rings is 1. The molecule has 0 bridgehead atoms. The Kier molecular flexibility index (Phi) is 3.75. The van der Waals surface area contributed by atoms with Gasteiger partial charge in [0.1, 0.15) is 0 Å². The fourth-order valence-corrected chi connectivity index (χ4v) is 2.79. The van der Waals surface area contributed by atoms with Crippen molar-refractivity contribution in [1.82, 2.24) is 4.90 Å². The van der Waals surface area contributed by atoms with Gasteiger partial charge < -0.3 is 10.0 Å². The van der Waals surface area contributed by atoms with Gasteiger partial charge in [-0.1, -0.05) is 26.0 Å². The molecule has 0 saturated heterocycles. The second kappa shape index (κ2) is 5.31. The van der Waals surface area contributed by atoms with Gasteiger partial charge in [0.05, 0.1) is 17.7 Å². The van der Waals surface area contributed by atoms with Crippen molar-refractivity contribution in [3.63, 3.8) is 0 Å². The lowest BCUT2D eigenvalue weighted by molar-refractivity contribution is 0.113. The molecule has 1 heterocycles. The summed E-state index contributed by atoms with van der Waals surface area (Å²) in [5, 5.41) is 18.5. The minimum absolute atomic E-state index is 0.130. The molecule has 1 aliphatic heterocycles. The van der Waals surface area contributed by atoms with E-state index in [4.69, 9.17) is 5.26 Å². The first-order valence-electron chi connectivity index (χ1n) is 6.56. The van der Waals surface area contributed by atoms with Crippen molar-refractivity contribution in [2.75, 3.05) is 6.54 Å². The Bertz CT molecular complexity index is 531. The number of rotatable bonds is 2. The number of hydrogen-bond donors (Lipinski definition) is 1. The number of nitriles is 1. The van der Waals surface area contributed by atoms with Crippen molar-refractivity contribution in [1.29, 1.82) is 5.26 Å². The summed E-state index contributed by atoms with van der Waals surface area (Å²) in [6, 6.07) is 7.68. The van der Waals surface area contributed by atoms with E-state index in [2.05, 4.69) is 19.9 Å². The molecule has 0 aromatic heterocycles. The van der Waals surface area contributed by atoms with Crippen LogP contribution in [0.2, 0.25) is 0 Å². The highest BCUT2D eigenvalue weighted by molar-refractivity contribution is 5.67. The lowest BCUT2D eigenvalue weighted by atomic mass is 9.86. The second-order valence-corrected chi connectivity index (χ2v) is 5.36. The summed E-state index contributed by atoms with van der Waals surface area (Å²) in [6.45, 7) is 4.64. The van der Waals surface area contributed by atoms with E-state index in [1.165, 1.54) is 4.90 Å². The summed E-state index contributed by atoms with van der Waals surface area (Å²) >= 11 is 0. The van der Waals surface area contributed by atoms with E-state index in [-0.39, 0.29) is 6.04 Å². The van der Waals surface area contributed by atoms with E-state index in [1.807, 2.05) is 18.2 Å². The van der Waals surface area contributed by atoms with Crippen molar-refractivity contribution in [2.24, 2.45) is 5.92 Å². The molecule has 1 N–H and O–H groups in total. The van der Waals surface area contributed by atoms with E-state index in [0.29, 0.717) is 24.4 Å². The Labute approximate surface area is 113 Å². The number of carbonyl (C=O) groups is 1. The van der Waals surface area contributed by atoms with Crippen LogP contribution in [0.4, 0.5) is 4.79 Å². The van der Waals surface area contributed by atoms with Crippen molar-refractivity contribution >= 4 is 6.09 Å². The summed E-state index contributed by atoms with van der Waals surface area (Å²) in [7, 11) is 0. The standard InChI is InChI=1S/C15H18N2O2/c1-10(2)8-14-13-5-3-4-11(9-16)12(13)6-7-17(14)15(18)19/h3-5,10,14H,6-8H2,1-2H3,(H,18,19). The molecular formula is C15H18N2O2. The van der Waals surface area contributed by atoms with E-state index >= 15 is 0 Å². The zero-order valence-corrected chi connectivity index (χ0v) is 11.3. The van der Waals surface area contributed by atoms with E-state index in [9.17, 15) is 9.90 Å². The van der Waals surface area contributed by atoms with Crippen LogP contribution in [0.15, 0.2) is 18.2 Å². The van der Waals surface area contributed by atoms with Crippen molar-refractivity contribution < 1.29 is 9.90 Å². The number of fused-ring (bicyclic) bond motifs is 1. The summed E-state index contributed by atoms with van der Waals surface area (Å²) < 4.78 is 0. The number of carboxylic acid groups (broad SMARTS) is 1. The average molecular weight is 258 g/mol. The van der Waals surface area contributed by atoms with Gasteiger partial charge in [-0.25, -0.2) is 4.79 Å². The van der Waals surface area contributed by atoms with Gasteiger partial charge in [0.15, 0.2) is 0 Å². The van der Waals surface area contributed by atoms with Gasteiger partial charge in [-0.15, -0.1) is 0 Å². The fraction of sp³-hybridized carbons (Fsp3) is 0.467. The van der Waals surface area contributed by atoms with Crippen LogP contribution in [0.3, 0.4) is 0 Å². The molecule has 0 radical (unpaired) electrons. The first kappa shape index (κ1) is 13.4. The molecule has 1 aromatic carbocycles. The van der Waals surface area contributed by atoms with Gasteiger partial charge in [0.2, 0.25) is 0 Å². The lowest BCUT2D eigenvalue weighted by Crippen LogP contribution is -2.40. The lowest BCUT2D eigenvalue weighted by Gasteiger charge is -2.36. The zero-order valence-electron chi connectivity index (χ0n) is 11.3. The molecule has 0 aliphatic carbocycles. The Morgan fingerprint density at radius 2 is 2.32 bits per heavy atom. The maximum atomic E-state index is 11.4. The van der Waals surface area contributed by atoms with Crippen LogP contribution in [0, 0.1) is 17.2 Å². The largest absolute Gasteiger partial charge is 0.465 e. The molecule has 19 heavy (non-hydrogen) atoms. The highest BCUT2D eigenvalue weighted by Crippen LogP contribution is 2.35. The Morgan fingerprint density at radius 1 is 1.58 bits per heavy atom. The maximum Gasteiger partial charge on any atom is 0.407 e. The smallest absolute Gasteiger partial charge is 0.407 e. The topological polar surface area (TPSA) is 64.3 Å². The molecule has 0 fully saturated rings. The molecule has 1 unspecified atom stereocenters. The van der Waals surface area contributed by atoms with Gasteiger partial charge >= 0.3 is 6.09 Å². The van der Waals surface area contributed by atoms with Crippen LogP contribution < -0.4 is 0 Å². The molecule has 1 aromatic rings.